The number of rotatable bonds is 5. The van der Waals surface area contributed by atoms with Gasteiger partial charge in [-0.1, -0.05) is 24.3 Å². The molecule has 0 spiro atoms. The summed E-state index contributed by atoms with van der Waals surface area (Å²) in [5.74, 6) is -1.48. The predicted molar refractivity (Wildman–Crippen MR) is 95.5 cm³/mol. The van der Waals surface area contributed by atoms with E-state index in [2.05, 4.69) is 5.32 Å². The first-order chi connectivity index (χ1) is 11.8. The van der Waals surface area contributed by atoms with Gasteiger partial charge in [0.15, 0.2) is 6.10 Å². The topological polar surface area (TPSA) is 55.4 Å². The summed E-state index contributed by atoms with van der Waals surface area (Å²) in [5.41, 5.74) is 3.15. The highest BCUT2D eigenvalue weighted by molar-refractivity contribution is 5.97. The van der Waals surface area contributed by atoms with Crippen molar-refractivity contribution in [2.24, 2.45) is 0 Å². The molecule has 25 heavy (non-hydrogen) atoms. The van der Waals surface area contributed by atoms with Gasteiger partial charge in [0.1, 0.15) is 5.82 Å². The number of hydrogen-bond acceptors (Lipinski definition) is 3. The van der Waals surface area contributed by atoms with Crippen LogP contribution in [0.4, 0.5) is 10.1 Å². The molecule has 1 N–H and O–H groups in total. The number of esters is 1. The van der Waals surface area contributed by atoms with Crippen molar-refractivity contribution in [1.29, 1.82) is 0 Å². The third-order valence-corrected chi connectivity index (χ3v) is 3.57. The fraction of sp³-hybridized carbons (Fsp3) is 0.200. The number of hydrogen-bond donors (Lipinski definition) is 1. The maximum atomic E-state index is 13.1. The summed E-state index contributed by atoms with van der Waals surface area (Å²) in [6.07, 6.45) is 1.64. The summed E-state index contributed by atoms with van der Waals surface area (Å²) in [5, 5.41) is 2.75. The van der Waals surface area contributed by atoms with Gasteiger partial charge >= 0.3 is 5.97 Å². The summed E-state index contributed by atoms with van der Waals surface area (Å²) in [4.78, 5) is 24.0. The third-order valence-electron chi connectivity index (χ3n) is 3.57. The lowest BCUT2D eigenvalue weighted by molar-refractivity contribution is -0.148. The molecule has 0 saturated heterocycles. The lowest BCUT2D eigenvalue weighted by Crippen LogP contribution is -2.29. The zero-order chi connectivity index (χ0) is 18.4. The molecule has 2 aromatic carbocycles. The minimum Gasteiger partial charge on any atom is -0.449 e. The van der Waals surface area contributed by atoms with Gasteiger partial charge in [-0.15, -0.1) is 0 Å². The SMILES string of the molecule is Cc1ccc(C)c(NC(=O)C(C)OC(=O)/C=C/c2cccc(F)c2)c1. The van der Waals surface area contributed by atoms with Crippen LogP contribution in [-0.4, -0.2) is 18.0 Å². The van der Waals surface area contributed by atoms with E-state index < -0.39 is 23.8 Å². The van der Waals surface area contributed by atoms with E-state index in [0.717, 1.165) is 17.2 Å². The summed E-state index contributed by atoms with van der Waals surface area (Å²) < 4.78 is 18.1. The van der Waals surface area contributed by atoms with Crippen LogP contribution in [0.5, 0.6) is 0 Å². The fourth-order valence-corrected chi connectivity index (χ4v) is 2.15. The van der Waals surface area contributed by atoms with Crippen molar-refractivity contribution in [3.8, 4) is 0 Å². The monoisotopic (exact) mass is 341 g/mol. The molecular weight excluding hydrogens is 321 g/mol. The van der Waals surface area contributed by atoms with Crippen LogP contribution in [0.3, 0.4) is 0 Å². The highest BCUT2D eigenvalue weighted by Gasteiger charge is 2.17. The molecule has 0 aliphatic heterocycles. The van der Waals surface area contributed by atoms with Crippen molar-refractivity contribution < 1.29 is 18.7 Å². The molecule has 5 heteroatoms. The molecule has 0 saturated carbocycles. The number of nitrogens with one attached hydrogen (secondary N) is 1. The molecule has 0 heterocycles. The van der Waals surface area contributed by atoms with Crippen LogP contribution in [-0.2, 0) is 14.3 Å². The second-order valence-electron chi connectivity index (χ2n) is 5.78. The van der Waals surface area contributed by atoms with E-state index >= 15 is 0 Å². The van der Waals surface area contributed by atoms with E-state index in [0.29, 0.717) is 11.3 Å². The normalized spacial score (nSPS) is 12.0. The van der Waals surface area contributed by atoms with Crippen LogP contribution >= 0.6 is 0 Å². The lowest BCUT2D eigenvalue weighted by atomic mass is 10.1. The minimum absolute atomic E-state index is 0.392. The molecule has 0 radical (unpaired) electrons. The first-order valence-corrected chi connectivity index (χ1v) is 7.87. The van der Waals surface area contributed by atoms with Crippen molar-refractivity contribution in [3.63, 3.8) is 0 Å². The zero-order valence-corrected chi connectivity index (χ0v) is 14.4. The minimum atomic E-state index is -0.954. The van der Waals surface area contributed by atoms with E-state index in [1.807, 2.05) is 32.0 Å². The second kappa shape index (κ2) is 8.24. The Bertz CT molecular complexity index is 814. The molecule has 4 nitrogen and oxygen atoms in total. The van der Waals surface area contributed by atoms with Gasteiger partial charge in [-0.05, 0) is 61.7 Å². The van der Waals surface area contributed by atoms with Gasteiger partial charge in [-0.25, -0.2) is 9.18 Å². The average Bonchev–Trinajstić information content (AvgIpc) is 2.56. The van der Waals surface area contributed by atoms with E-state index in [4.69, 9.17) is 4.74 Å². The molecule has 0 aromatic heterocycles. The number of carbonyl (C=O) groups is 2. The average molecular weight is 341 g/mol. The van der Waals surface area contributed by atoms with Crippen LogP contribution < -0.4 is 5.32 Å². The number of benzene rings is 2. The highest BCUT2D eigenvalue weighted by Crippen LogP contribution is 2.17. The van der Waals surface area contributed by atoms with Crippen molar-refractivity contribution in [1.82, 2.24) is 0 Å². The fourth-order valence-electron chi connectivity index (χ4n) is 2.15. The maximum Gasteiger partial charge on any atom is 0.331 e. The highest BCUT2D eigenvalue weighted by atomic mass is 19.1. The van der Waals surface area contributed by atoms with Gasteiger partial charge in [-0.3, -0.25) is 4.79 Å². The second-order valence-corrected chi connectivity index (χ2v) is 5.78. The molecule has 2 rings (SSSR count). The number of aryl methyl sites for hydroxylation is 2. The van der Waals surface area contributed by atoms with Crippen LogP contribution in [0.15, 0.2) is 48.5 Å². The Morgan fingerprint density at radius 1 is 1.16 bits per heavy atom. The Balaban J connectivity index is 1.94. The molecule has 0 fully saturated rings. The van der Waals surface area contributed by atoms with Crippen LogP contribution in [0, 0.1) is 19.7 Å². The third kappa shape index (κ3) is 5.57. The molecule has 2 aromatic rings. The Morgan fingerprint density at radius 3 is 2.64 bits per heavy atom. The van der Waals surface area contributed by atoms with Crippen molar-refractivity contribution in [3.05, 3.63) is 71.0 Å². The van der Waals surface area contributed by atoms with Crippen molar-refractivity contribution >= 4 is 23.6 Å². The molecular formula is C20H20FNO3. The summed E-state index contributed by atoms with van der Waals surface area (Å²) >= 11 is 0. The Hall–Kier alpha value is -2.95. The summed E-state index contributed by atoms with van der Waals surface area (Å²) in [6.45, 7) is 5.30. The quantitative estimate of drug-likeness (QED) is 0.660. The van der Waals surface area contributed by atoms with Gasteiger partial charge < -0.3 is 10.1 Å². The summed E-state index contributed by atoms with van der Waals surface area (Å²) in [7, 11) is 0. The van der Waals surface area contributed by atoms with Gasteiger partial charge in [0.25, 0.3) is 5.91 Å². The maximum absolute atomic E-state index is 13.1. The molecule has 0 aliphatic carbocycles. The molecule has 0 aliphatic rings. The van der Waals surface area contributed by atoms with Gasteiger partial charge in [0.2, 0.25) is 0 Å². The van der Waals surface area contributed by atoms with Crippen molar-refractivity contribution in [2.75, 3.05) is 5.32 Å². The van der Waals surface area contributed by atoms with Crippen LogP contribution in [0.2, 0.25) is 0 Å². The smallest absolute Gasteiger partial charge is 0.331 e. The van der Waals surface area contributed by atoms with Gasteiger partial charge in [0, 0.05) is 11.8 Å². The molecule has 1 amide bonds. The Labute approximate surface area is 146 Å². The van der Waals surface area contributed by atoms with E-state index in [9.17, 15) is 14.0 Å². The van der Waals surface area contributed by atoms with Gasteiger partial charge in [0.05, 0.1) is 0 Å². The van der Waals surface area contributed by atoms with Crippen LogP contribution in [0.25, 0.3) is 6.08 Å². The Kier molecular flexibility index (Phi) is 6.06. The van der Waals surface area contributed by atoms with E-state index in [1.54, 1.807) is 12.1 Å². The number of anilines is 1. The number of halogens is 1. The first-order valence-electron chi connectivity index (χ1n) is 7.87. The number of carbonyl (C=O) groups excluding carboxylic acids is 2. The lowest BCUT2D eigenvalue weighted by Gasteiger charge is -2.14. The number of amides is 1. The largest absolute Gasteiger partial charge is 0.449 e. The zero-order valence-electron chi connectivity index (χ0n) is 14.4. The first kappa shape index (κ1) is 18.4. The molecule has 1 unspecified atom stereocenters. The molecule has 130 valence electrons. The Morgan fingerprint density at radius 2 is 1.92 bits per heavy atom. The molecule has 0 bridgehead atoms. The molecule has 1 atom stereocenters. The van der Waals surface area contributed by atoms with Crippen molar-refractivity contribution in [2.45, 2.75) is 26.9 Å². The van der Waals surface area contributed by atoms with Gasteiger partial charge in [-0.2, -0.15) is 0 Å². The van der Waals surface area contributed by atoms with E-state index in [-0.39, 0.29) is 0 Å². The number of ether oxygens (including phenoxy) is 1. The standard InChI is InChI=1S/C20H20FNO3/c1-13-7-8-14(2)18(11-13)22-20(24)15(3)25-19(23)10-9-16-5-4-6-17(21)12-16/h4-12,15H,1-3H3,(H,22,24)/b10-9+. The van der Waals surface area contributed by atoms with Crippen LogP contribution in [0.1, 0.15) is 23.6 Å². The summed E-state index contributed by atoms with van der Waals surface area (Å²) in [6, 6.07) is 11.5. The predicted octanol–water partition coefficient (Wildman–Crippen LogP) is 4.03. The van der Waals surface area contributed by atoms with E-state index in [1.165, 1.54) is 25.1 Å².